The standard InChI is InChI=1S/C7H13BrN2O2.Na.H3O4P.H2O/c1-3-7(8,4-2)5(11)10-6(9)12;;1-5(2,3)4;/h3-4H2,1-2H3,(H3,9,10,11,12);;(H3,1,2,3,4);1H2/q;+1;;/p-1. The molecule has 0 unspecified atom stereocenters. The molecule has 0 fully saturated rings. The van der Waals surface area contributed by atoms with Crippen LogP contribution in [0.5, 0.6) is 0 Å². The number of amides is 3. The van der Waals surface area contributed by atoms with E-state index in [1.807, 2.05) is 19.2 Å². The van der Waals surface area contributed by atoms with Gasteiger partial charge in [0, 0.05) is 0 Å². The van der Waals surface area contributed by atoms with Gasteiger partial charge in [-0.3, -0.25) is 14.7 Å². The van der Waals surface area contributed by atoms with Crippen molar-refractivity contribution in [2.45, 2.75) is 31.0 Å². The Kier molecular flexibility index (Phi) is 17.9. The predicted molar refractivity (Wildman–Crippen MR) is 65.6 cm³/mol. The van der Waals surface area contributed by atoms with Crippen LogP contribution in [-0.2, 0) is 9.36 Å². The number of nitrogens with two attached hydrogens (primary N) is 1. The molecule has 12 heteroatoms. The van der Waals surface area contributed by atoms with Crippen LogP contribution in [-0.4, -0.2) is 31.5 Å². The monoisotopic (exact) mass is 374 g/mol. The molecule has 110 valence electrons. The van der Waals surface area contributed by atoms with Crippen LogP contribution in [0, 0.1) is 0 Å². The number of imide groups is 1. The Labute approximate surface area is 141 Å². The van der Waals surface area contributed by atoms with Crippen LogP contribution in [0.25, 0.3) is 0 Å². The second-order valence-electron chi connectivity index (χ2n) is 2.98. The molecule has 0 aliphatic carbocycles. The molecule has 0 saturated carbocycles. The van der Waals surface area contributed by atoms with E-state index >= 15 is 0 Å². The number of nitrogens with one attached hydrogen (secondary N) is 1. The second-order valence-corrected chi connectivity index (χ2v) is 5.48. The molecule has 19 heavy (non-hydrogen) atoms. The molecule has 0 aliphatic heterocycles. The fraction of sp³-hybridized carbons (Fsp3) is 0.714. The maximum Gasteiger partial charge on any atom is 1.00 e. The fourth-order valence-corrected chi connectivity index (χ4v) is 0.894. The van der Waals surface area contributed by atoms with Crippen molar-refractivity contribution in [3.05, 3.63) is 0 Å². The van der Waals surface area contributed by atoms with E-state index in [1.54, 1.807) is 0 Å². The molecule has 0 aliphatic rings. The molecule has 0 aromatic carbocycles. The van der Waals surface area contributed by atoms with Gasteiger partial charge in [0.2, 0.25) is 5.91 Å². The van der Waals surface area contributed by atoms with Crippen LogP contribution in [0.4, 0.5) is 4.79 Å². The number of urea groups is 1. The van der Waals surface area contributed by atoms with Crippen LogP contribution in [0.3, 0.4) is 0 Å². The van der Waals surface area contributed by atoms with Crippen LogP contribution in [0.15, 0.2) is 0 Å². The number of rotatable bonds is 3. The quantitative estimate of drug-likeness (QED) is 0.220. The number of phosphoric acid groups is 1. The van der Waals surface area contributed by atoms with E-state index in [1.165, 1.54) is 0 Å². The predicted octanol–water partition coefficient (Wildman–Crippen LogP) is -4.25. The molecule has 3 amide bonds. The van der Waals surface area contributed by atoms with Gasteiger partial charge in [0.1, 0.15) is 4.32 Å². The van der Waals surface area contributed by atoms with Crippen LogP contribution in [0.2, 0.25) is 0 Å². The number of hydrogen-bond acceptors (Lipinski definition) is 4. The second kappa shape index (κ2) is 12.2. The van der Waals surface area contributed by atoms with E-state index in [-0.39, 0.29) is 40.9 Å². The van der Waals surface area contributed by atoms with Crippen molar-refractivity contribution in [2.75, 3.05) is 0 Å². The maximum absolute atomic E-state index is 11.3. The van der Waals surface area contributed by atoms with Gasteiger partial charge < -0.3 is 25.9 Å². The summed E-state index contributed by atoms with van der Waals surface area (Å²) in [6, 6.07) is -0.814. The van der Waals surface area contributed by atoms with E-state index < -0.39 is 18.2 Å². The third-order valence-corrected chi connectivity index (χ3v) is 3.25. The third-order valence-electron chi connectivity index (χ3n) is 1.76. The first kappa shape index (κ1) is 27.8. The summed E-state index contributed by atoms with van der Waals surface area (Å²) in [6.45, 7) is 3.72. The topological polar surface area (TPSA) is 184 Å². The molecule has 0 aromatic rings. The third kappa shape index (κ3) is 18.5. The minimum Gasteiger partial charge on any atom is -0.756 e. The zero-order valence-corrected chi connectivity index (χ0v) is 15.3. The van der Waals surface area contributed by atoms with Crippen LogP contribution < -0.4 is 45.5 Å². The summed E-state index contributed by atoms with van der Waals surface area (Å²) in [5.74, 6) is -0.375. The van der Waals surface area contributed by atoms with E-state index in [9.17, 15) is 9.59 Å². The average molecular weight is 375 g/mol. The minimum atomic E-state index is -4.89. The Bertz CT molecular complexity index is 312. The van der Waals surface area contributed by atoms with Crippen LogP contribution in [0.1, 0.15) is 26.7 Å². The number of hydrogen-bond donors (Lipinski definition) is 4. The Morgan fingerprint density at radius 3 is 1.79 bits per heavy atom. The molecule has 0 heterocycles. The van der Waals surface area contributed by atoms with E-state index in [0.29, 0.717) is 12.8 Å². The summed E-state index contributed by atoms with van der Waals surface area (Å²) in [6.07, 6.45) is 1.23. The van der Waals surface area contributed by atoms with Gasteiger partial charge in [-0.2, -0.15) is 0 Å². The zero-order chi connectivity index (χ0) is 14.3. The molecule has 7 N–H and O–H groups in total. The Hall–Kier alpha value is 0.490. The largest absolute Gasteiger partial charge is 1.00 e. The first-order valence-corrected chi connectivity index (χ1v) is 6.85. The van der Waals surface area contributed by atoms with Crippen molar-refractivity contribution < 1.29 is 63.9 Å². The molecule has 0 saturated heterocycles. The van der Waals surface area contributed by atoms with Gasteiger partial charge in [-0.05, 0) is 12.8 Å². The van der Waals surface area contributed by atoms with Gasteiger partial charge in [-0.1, -0.05) is 29.8 Å². The van der Waals surface area contributed by atoms with Crippen molar-refractivity contribution in [2.24, 2.45) is 5.73 Å². The Morgan fingerprint density at radius 1 is 1.37 bits per heavy atom. The van der Waals surface area contributed by atoms with Crippen molar-refractivity contribution in [1.82, 2.24) is 5.32 Å². The summed E-state index contributed by atoms with van der Waals surface area (Å²) in [7, 11) is -4.89. The van der Waals surface area contributed by atoms with E-state index in [4.69, 9.17) is 25.0 Å². The summed E-state index contributed by atoms with van der Waals surface area (Å²) in [5.41, 5.74) is 4.81. The summed E-state index contributed by atoms with van der Waals surface area (Å²) in [5, 5.41) is 2.04. The smallest absolute Gasteiger partial charge is 0.756 e. The first-order valence-electron chi connectivity index (χ1n) is 4.52. The number of carbonyl (C=O) groups excluding carboxylic acids is 2. The number of primary amides is 1. The molecule has 0 bridgehead atoms. The summed E-state index contributed by atoms with van der Waals surface area (Å²) < 4.78 is 8.11. The Balaban J connectivity index is -0.000000139. The van der Waals surface area contributed by atoms with Gasteiger partial charge in [0.05, 0.1) is 0 Å². The zero-order valence-electron chi connectivity index (χ0n) is 10.8. The van der Waals surface area contributed by atoms with Crippen molar-refractivity contribution in [3.8, 4) is 0 Å². The summed E-state index contributed by atoms with van der Waals surface area (Å²) >= 11 is 3.26. The van der Waals surface area contributed by atoms with Gasteiger partial charge in [-0.15, -0.1) is 0 Å². The maximum atomic E-state index is 11.3. The molecule has 0 rings (SSSR count). The van der Waals surface area contributed by atoms with E-state index in [2.05, 4.69) is 15.9 Å². The van der Waals surface area contributed by atoms with Gasteiger partial charge in [0.15, 0.2) is 0 Å². The number of halogens is 1. The molecule has 0 spiro atoms. The molecule has 0 atom stereocenters. The van der Waals surface area contributed by atoms with Crippen LogP contribution >= 0.6 is 23.8 Å². The van der Waals surface area contributed by atoms with Crippen molar-refractivity contribution in [1.29, 1.82) is 0 Å². The minimum absolute atomic E-state index is 0. The SMILES string of the molecule is CCC(Br)(CC)C(=O)NC(N)=O.O.O=P([O-])(O)O.[Na+]. The van der Waals surface area contributed by atoms with Crippen molar-refractivity contribution >= 4 is 35.7 Å². The molecular formula is C7H17BrN2NaO7P. The van der Waals surface area contributed by atoms with E-state index in [0.717, 1.165) is 0 Å². The number of carbonyl (C=O) groups is 2. The Morgan fingerprint density at radius 2 is 1.63 bits per heavy atom. The summed E-state index contributed by atoms with van der Waals surface area (Å²) in [4.78, 5) is 44.6. The molecular weight excluding hydrogens is 358 g/mol. The normalized spacial score (nSPS) is 10.0. The molecule has 0 radical (unpaired) electrons. The first-order chi connectivity index (χ1) is 7.46. The molecule has 0 aromatic heterocycles. The molecule has 9 nitrogen and oxygen atoms in total. The van der Waals surface area contributed by atoms with Crippen molar-refractivity contribution in [3.63, 3.8) is 0 Å². The van der Waals surface area contributed by atoms with Gasteiger partial charge >= 0.3 is 35.6 Å². The average Bonchev–Trinajstić information content (AvgIpc) is 2.12. The van der Waals surface area contributed by atoms with Gasteiger partial charge in [0.25, 0.3) is 7.82 Å². The van der Waals surface area contributed by atoms with Gasteiger partial charge in [-0.25, -0.2) is 4.79 Å². The fourth-order valence-electron chi connectivity index (χ4n) is 0.795. The number of alkyl halides is 1.